The highest BCUT2D eigenvalue weighted by molar-refractivity contribution is 5.83. The maximum atomic E-state index is 14.1. The number of amides is 1. The number of halogens is 3. The first kappa shape index (κ1) is 22.0. The Kier molecular flexibility index (Phi) is 6.23. The van der Waals surface area contributed by atoms with Crippen LogP contribution >= 0.6 is 0 Å². The van der Waals surface area contributed by atoms with E-state index in [-0.39, 0.29) is 31.8 Å². The van der Waals surface area contributed by atoms with Crippen molar-refractivity contribution in [2.75, 3.05) is 26.2 Å². The van der Waals surface area contributed by atoms with E-state index in [1.54, 1.807) is 0 Å². The molecule has 1 aromatic carbocycles. The third-order valence-electron chi connectivity index (χ3n) is 6.68. The van der Waals surface area contributed by atoms with Gasteiger partial charge in [-0.25, -0.2) is 13.2 Å². The second kappa shape index (κ2) is 8.76. The lowest BCUT2D eigenvalue weighted by molar-refractivity contribution is -0.181. The first-order valence-electron chi connectivity index (χ1n) is 10.7. The van der Waals surface area contributed by atoms with Gasteiger partial charge in [0, 0.05) is 6.04 Å². The van der Waals surface area contributed by atoms with Crippen molar-refractivity contribution in [2.45, 2.75) is 43.1 Å². The molecule has 0 spiro atoms. The summed E-state index contributed by atoms with van der Waals surface area (Å²) in [7, 11) is 0. The lowest BCUT2D eigenvalue weighted by Gasteiger charge is -2.56. The summed E-state index contributed by atoms with van der Waals surface area (Å²) < 4.78 is 40.9. The number of alkyl halides is 1. The van der Waals surface area contributed by atoms with Gasteiger partial charge < -0.3 is 15.1 Å². The fraction of sp³-hybridized carbons (Fsp3) is 0.522. The average molecular weight is 436 g/mol. The fourth-order valence-corrected chi connectivity index (χ4v) is 5.04. The van der Waals surface area contributed by atoms with Gasteiger partial charge in [0.25, 0.3) is 0 Å². The largest absolute Gasteiger partial charge is 0.394 e. The number of hydrogen-bond acceptors (Lipinski definition) is 4. The molecule has 2 aliphatic heterocycles. The Hall–Kier alpha value is -2.16. The number of allylic oxidation sites excluding steroid dienone is 3. The monoisotopic (exact) mass is 436 g/mol. The molecule has 0 aromatic heterocycles. The topological polar surface area (TPSA) is 64.0 Å². The van der Waals surface area contributed by atoms with Crippen molar-refractivity contribution in [3.05, 3.63) is 59.7 Å². The van der Waals surface area contributed by atoms with Crippen LogP contribution in [0, 0.1) is 5.92 Å². The molecule has 1 amide bonds. The SMILES string of the molecule is O=C(C1C=CC(F)=C(F)C1F)N1CC(O)([C@@H]2CCCCN2[C@H](CO)c2ccccc2)C1. The number of rotatable bonds is 5. The highest BCUT2D eigenvalue weighted by Gasteiger charge is 2.54. The van der Waals surface area contributed by atoms with Crippen LogP contribution in [-0.2, 0) is 4.79 Å². The molecule has 1 aromatic rings. The summed E-state index contributed by atoms with van der Waals surface area (Å²) in [6.07, 6.45) is 2.01. The summed E-state index contributed by atoms with van der Waals surface area (Å²) in [5.41, 5.74) is -0.257. The molecule has 4 rings (SSSR count). The molecule has 8 heteroatoms. The minimum Gasteiger partial charge on any atom is -0.394 e. The number of likely N-dealkylation sites (tertiary alicyclic amines) is 2. The van der Waals surface area contributed by atoms with Crippen LogP contribution in [-0.4, -0.2) is 70.0 Å². The summed E-state index contributed by atoms with van der Waals surface area (Å²) in [6, 6.07) is 9.01. The molecule has 168 valence electrons. The molecule has 2 saturated heterocycles. The van der Waals surface area contributed by atoms with E-state index in [2.05, 4.69) is 4.90 Å². The summed E-state index contributed by atoms with van der Waals surface area (Å²) in [5.74, 6) is -4.96. The Morgan fingerprint density at radius 1 is 1.19 bits per heavy atom. The molecule has 2 N–H and O–H groups in total. The number of hydrogen-bond donors (Lipinski definition) is 2. The lowest BCUT2D eigenvalue weighted by Crippen LogP contribution is -2.73. The van der Waals surface area contributed by atoms with Crippen LogP contribution in [0.1, 0.15) is 30.9 Å². The third-order valence-corrected chi connectivity index (χ3v) is 6.68. The van der Waals surface area contributed by atoms with Crippen LogP contribution < -0.4 is 0 Å². The van der Waals surface area contributed by atoms with Crippen molar-refractivity contribution in [1.29, 1.82) is 0 Å². The van der Waals surface area contributed by atoms with Crippen LogP contribution in [0.5, 0.6) is 0 Å². The van der Waals surface area contributed by atoms with Gasteiger partial charge in [-0.05, 0) is 31.0 Å². The first-order chi connectivity index (χ1) is 14.9. The molecular weight excluding hydrogens is 409 g/mol. The van der Waals surface area contributed by atoms with E-state index in [1.807, 2.05) is 30.3 Å². The van der Waals surface area contributed by atoms with E-state index >= 15 is 0 Å². The third kappa shape index (κ3) is 4.04. The van der Waals surface area contributed by atoms with E-state index in [0.717, 1.165) is 30.6 Å². The van der Waals surface area contributed by atoms with Crippen LogP contribution in [0.3, 0.4) is 0 Å². The Morgan fingerprint density at radius 3 is 2.58 bits per heavy atom. The van der Waals surface area contributed by atoms with Crippen LogP contribution in [0.2, 0.25) is 0 Å². The van der Waals surface area contributed by atoms with Crippen molar-refractivity contribution in [2.24, 2.45) is 5.92 Å². The first-order valence-corrected chi connectivity index (χ1v) is 10.7. The minimum absolute atomic E-state index is 0.00911. The molecular formula is C23H27F3N2O3. The van der Waals surface area contributed by atoms with Crippen LogP contribution in [0.15, 0.2) is 54.1 Å². The van der Waals surface area contributed by atoms with Crippen molar-refractivity contribution in [3.63, 3.8) is 0 Å². The number of β-amino-alcohol motifs (C(OH)–C–C–N with tert-alkyl or cyclic N) is 1. The molecule has 1 aliphatic carbocycles. The predicted octanol–water partition coefficient (Wildman–Crippen LogP) is 2.82. The highest BCUT2D eigenvalue weighted by Crippen LogP contribution is 2.39. The van der Waals surface area contributed by atoms with Gasteiger partial charge >= 0.3 is 0 Å². The number of aliphatic hydroxyl groups excluding tert-OH is 1. The summed E-state index contributed by atoms with van der Waals surface area (Å²) in [5, 5.41) is 21.4. The van der Waals surface area contributed by atoms with E-state index in [1.165, 1.54) is 4.90 Å². The maximum absolute atomic E-state index is 14.1. The molecule has 2 fully saturated rings. The van der Waals surface area contributed by atoms with E-state index in [4.69, 9.17) is 0 Å². The van der Waals surface area contributed by atoms with Gasteiger partial charge in [0.15, 0.2) is 17.8 Å². The zero-order valence-electron chi connectivity index (χ0n) is 17.1. The lowest BCUT2D eigenvalue weighted by atomic mass is 9.78. The van der Waals surface area contributed by atoms with Crippen molar-refractivity contribution in [1.82, 2.24) is 9.80 Å². The molecule has 0 bridgehead atoms. The van der Waals surface area contributed by atoms with Gasteiger partial charge in [-0.1, -0.05) is 42.8 Å². The van der Waals surface area contributed by atoms with Gasteiger partial charge in [-0.2, -0.15) is 0 Å². The van der Waals surface area contributed by atoms with E-state index in [0.29, 0.717) is 13.0 Å². The fourth-order valence-electron chi connectivity index (χ4n) is 5.04. The van der Waals surface area contributed by atoms with Gasteiger partial charge in [-0.3, -0.25) is 9.69 Å². The zero-order chi connectivity index (χ0) is 22.2. The van der Waals surface area contributed by atoms with Crippen molar-refractivity contribution < 1.29 is 28.2 Å². The second-order valence-electron chi connectivity index (χ2n) is 8.64. The Morgan fingerprint density at radius 2 is 1.90 bits per heavy atom. The number of carbonyl (C=O) groups is 1. The maximum Gasteiger partial charge on any atom is 0.233 e. The normalized spacial score (nSPS) is 29.6. The molecule has 0 radical (unpaired) electrons. The highest BCUT2D eigenvalue weighted by atomic mass is 19.2. The van der Waals surface area contributed by atoms with Gasteiger partial charge in [0.2, 0.25) is 5.91 Å². The molecule has 3 aliphatic rings. The van der Waals surface area contributed by atoms with E-state index < -0.39 is 35.3 Å². The summed E-state index contributed by atoms with van der Waals surface area (Å²) in [4.78, 5) is 16.1. The number of aliphatic hydroxyl groups is 2. The summed E-state index contributed by atoms with van der Waals surface area (Å²) in [6.45, 7) is 0.580. The predicted molar refractivity (Wildman–Crippen MR) is 109 cm³/mol. The number of nitrogens with zero attached hydrogens (tertiary/aromatic N) is 2. The van der Waals surface area contributed by atoms with E-state index in [9.17, 15) is 28.2 Å². The number of piperidine rings is 1. The number of benzene rings is 1. The van der Waals surface area contributed by atoms with Crippen molar-refractivity contribution >= 4 is 5.91 Å². The average Bonchev–Trinajstić information content (AvgIpc) is 2.77. The van der Waals surface area contributed by atoms with Gasteiger partial charge in [0.05, 0.1) is 31.7 Å². The standard InChI is InChI=1S/C23H27F3N2O3/c24-17-10-9-16(20(25)21(17)26)22(30)27-13-23(31,14-27)19-8-4-5-11-28(19)18(12-29)15-6-2-1-3-7-15/h1-3,6-7,9-10,16,18-20,29,31H,4-5,8,11-14H2/t16?,18-,19+,20?/m1/s1. The Bertz CT molecular complexity index is 870. The molecule has 2 unspecified atom stereocenters. The quantitative estimate of drug-likeness (QED) is 0.745. The number of carbonyl (C=O) groups excluding carboxylic acids is 1. The Balaban J connectivity index is 1.47. The van der Waals surface area contributed by atoms with Gasteiger partial charge in [0.1, 0.15) is 5.60 Å². The molecule has 31 heavy (non-hydrogen) atoms. The smallest absolute Gasteiger partial charge is 0.233 e. The molecule has 2 heterocycles. The second-order valence-corrected chi connectivity index (χ2v) is 8.64. The van der Waals surface area contributed by atoms with Crippen LogP contribution in [0.25, 0.3) is 0 Å². The molecule has 5 nitrogen and oxygen atoms in total. The molecule has 4 atom stereocenters. The van der Waals surface area contributed by atoms with Crippen molar-refractivity contribution in [3.8, 4) is 0 Å². The molecule has 0 saturated carbocycles. The minimum atomic E-state index is -2.35. The van der Waals surface area contributed by atoms with Gasteiger partial charge in [-0.15, -0.1) is 0 Å². The Labute approximate surface area is 179 Å². The summed E-state index contributed by atoms with van der Waals surface area (Å²) >= 11 is 0. The van der Waals surface area contributed by atoms with Crippen LogP contribution in [0.4, 0.5) is 13.2 Å². The zero-order valence-corrected chi connectivity index (χ0v) is 17.1.